The summed E-state index contributed by atoms with van der Waals surface area (Å²) >= 11 is 0. The zero-order valence-electron chi connectivity index (χ0n) is 3.73. The Morgan fingerprint density at radius 3 is 1.00 bits per heavy atom. The molecule has 0 saturated carbocycles. The summed E-state index contributed by atoms with van der Waals surface area (Å²) in [4.78, 5) is 0. The van der Waals surface area contributed by atoms with E-state index in [0.717, 1.165) is 0 Å². The van der Waals surface area contributed by atoms with E-state index in [1.165, 1.54) is 0 Å². The Hall–Kier alpha value is 2.21. The molecule has 0 fully saturated rings. The second-order valence-electron chi connectivity index (χ2n) is 0.577. The van der Waals surface area contributed by atoms with Gasteiger partial charge in [-0.25, -0.2) is 0 Å². The van der Waals surface area contributed by atoms with Crippen LogP contribution in [0, 0.1) is 6.42 Å². The predicted molar refractivity (Wildman–Crippen MR) is 15.6 cm³/mol. The van der Waals surface area contributed by atoms with Gasteiger partial charge in [0.25, 0.3) is 0 Å². The summed E-state index contributed by atoms with van der Waals surface area (Å²) in [6, 6.07) is 0. The van der Waals surface area contributed by atoms with Gasteiger partial charge >= 0.3 is 0 Å². The average molecular weight is 221 g/mol. The Morgan fingerprint density at radius 1 is 1.00 bits per heavy atom. The summed E-state index contributed by atoms with van der Waals surface area (Å²) in [5.41, 5.74) is 0. The molecular weight excluding hydrogens is 214 g/mol. The van der Waals surface area contributed by atoms with Gasteiger partial charge in [0.1, 0.15) is 0 Å². The molecule has 0 aliphatic carbocycles. The zero-order valence-corrected chi connectivity index (χ0v) is 9.41. The van der Waals surface area contributed by atoms with Crippen LogP contribution in [0.5, 0.6) is 0 Å². The fourth-order valence-electron chi connectivity index (χ4n) is 0. The van der Waals surface area contributed by atoms with Gasteiger partial charge in [-0.2, -0.15) is 13.8 Å². The Morgan fingerprint density at radius 2 is 1.00 bits per heavy atom. The molecule has 0 aromatic carbocycles. The largest absolute Gasteiger partial charge is 0.335 e. The first-order valence-electron chi connectivity index (χ1n) is 1.15. The van der Waals surface area contributed by atoms with Gasteiger partial charge in [0.2, 0.25) is 0 Å². The van der Waals surface area contributed by atoms with Crippen molar-refractivity contribution in [2.24, 2.45) is 0 Å². The quantitative estimate of drug-likeness (QED) is 0.539. The fraction of sp³-hybridized carbons (Fsp3) is 0.667. The van der Waals surface area contributed by atoms with E-state index in [0.29, 0.717) is 0 Å². The minimum Gasteiger partial charge on any atom is -0.335 e. The average Bonchev–Trinajstić information content (AvgIpc) is 0.918. The van der Waals surface area contributed by atoms with Gasteiger partial charge in [-0.05, 0) is 0 Å². The molecule has 0 atom stereocenters. The van der Waals surface area contributed by atoms with Crippen molar-refractivity contribution in [3.8, 4) is 0 Å². The standard InChI is InChI=1S/C3H7.2Y/c1-3-2;;/h3H,1-2H3;;/q-1;;. The van der Waals surface area contributed by atoms with E-state index in [1.807, 2.05) is 20.3 Å². The zero-order chi connectivity index (χ0) is 2.71. The third kappa shape index (κ3) is 22.5. The number of hydrogen-bond acceptors (Lipinski definition) is 0. The first-order valence-corrected chi connectivity index (χ1v) is 1.15. The van der Waals surface area contributed by atoms with Crippen molar-refractivity contribution < 1.29 is 65.4 Å². The Labute approximate surface area is 84.2 Å². The van der Waals surface area contributed by atoms with Gasteiger partial charge in [-0.3, -0.25) is 0 Å². The van der Waals surface area contributed by atoms with Gasteiger partial charge in [-0.1, -0.05) is 0 Å². The molecule has 5 heavy (non-hydrogen) atoms. The minimum absolute atomic E-state index is 0. The van der Waals surface area contributed by atoms with Crippen LogP contribution in [-0.2, 0) is 65.4 Å². The van der Waals surface area contributed by atoms with E-state index in [9.17, 15) is 0 Å². The van der Waals surface area contributed by atoms with Crippen LogP contribution in [0.2, 0.25) is 0 Å². The molecule has 0 N–H and O–H groups in total. The Bertz CT molecular complexity index is 4.85. The van der Waals surface area contributed by atoms with Crippen LogP contribution in [0.15, 0.2) is 0 Å². The summed E-state index contributed by atoms with van der Waals surface area (Å²) in [5.74, 6) is 0. The molecule has 0 aromatic rings. The number of rotatable bonds is 0. The van der Waals surface area contributed by atoms with Crippen molar-refractivity contribution in [2.75, 3.05) is 0 Å². The van der Waals surface area contributed by atoms with Gasteiger partial charge in [0.05, 0.1) is 0 Å². The Balaban J connectivity index is -0.0000000200. The molecule has 0 bridgehead atoms. The summed E-state index contributed by atoms with van der Waals surface area (Å²) in [7, 11) is 0. The normalized spacial score (nSPS) is 3.60. The maximum absolute atomic E-state index is 2.00. The fourth-order valence-corrected chi connectivity index (χ4v) is 0. The molecule has 0 aliphatic rings. The summed E-state index contributed by atoms with van der Waals surface area (Å²) in [5, 5.41) is 0. The van der Waals surface area contributed by atoms with E-state index in [1.54, 1.807) is 0 Å². The molecule has 0 spiro atoms. The van der Waals surface area contributed by atoms with E-state index in [4.69, 9.17) is 0 Å². The van der Waals surface area contributed by atoms with Gasteiger partial charge in [-0.15, -0.1) is 0 Å². The van der Waals surface area contributed by atoms with E-state index in [2.05, 4.69) is 0 Å². The number of hydrogen-bond donors (Lipinski definition) is 0. The van der Waals surface area contributed by atoms with Crippen LogP contribution < -0.4 is 0 Å². The molecule has 0 unspecified atom stereocenters. The molecule has 26 valence electrons. The Kier molecular flexibility index (Phi) is 51.3. The second-order valence-corrected chi connectivity index (χ2v) is 0.577. The molecule has 0 saturated heterocycles. The molecule has 0 aliphatic heterocycles. The summed E-state index contributed by atoms with van der Waals surface area (Å²) < 4.78 is 0. The molecule has 0 aromatic heterocycles. The summed E-state index contributed by atoms with van der Waals surface area (Å²) in [6.07, 6.45) is 2.00. The SMILES string of the molecule is C[CH-]C.[Y].[Y]. The molecule has 2 heteroatoms. The van der Waals surface area contributed by atoms with Crippen LogP contribution in [0.3, 0.4) is 0 Å². The first-order chi connectivity index (χ1) is 1.41. The molecule has 0 heterocycles. The smallest absolute Gasteiger partial charge is 0 e. The molecule has 0 rings (SSSR count). The monoisotopic (exact) mass is 221 g/mol. The second kappa shape index (κ2) is 16.4. The van der Waals surface area contributed by atoms with Crippen molar-refractivity contribution in [3.63, 3.8) is 0 Å². The van der Waals surface area contributed by atoms with Crippen LogP contribution >= 0.6 is 0 Å². The van der Waals surface area contributed by atoms with Gasteiger partial charge < -0.3 is 6.42 Å². The van der Waals surface area contributed by atoms with E-state index < -0.39 is 0 Å². The molecular formula is C3H7Y2-. The van der Waals surface area contributed by atoms with Crippen molar-refractivity contribution >= 4 is 0 Å². The van der Waals surface area contributed by atoms with Crippen LogP contribution in [0.4, 0.5) is 0 Å². The predicted octanol–water partition coefficient (Wildman–Crippen LogP) is 1.23. The molecule has 0 amide bonds. The molecule has 0 nitrogen and oxygen atoms in total. The summed E-state index contributed by atoms with van der Waals surface area (Å²) in [6.45, 7) is 4.00. The minimum atomic E-state index is 0. The maximum atomic E-state index is 2.00. The van der Waals surface area contributed by atoms with Crippen LogP contribution in [-0.4, -0.2) is 0 Å². The van der Waals surface area contributed by atoms with E-state index in [-0.39, 0.29) is 65.4 Å². The van der Waals surface area contributed by atoms with E-state index >= 15 is 0 Å². The maximum Gasteiger partial charge on any atom is 0 e. The van der Waals surface area contributed by atoms with Crippen LogP contribution in [0.25, 0.3) is 0 Å². The van der Waals surface area contributed by atoms with Crippen molar-refractivity contribution in [2.45, 2.75) is 13.8 Å². The van der Waals surface area contributed by atoms with Gasteiger partial charge in [0.15, 0.2) is 0 Å². The third-order valence-electron chi connectivity index (χ3n) is 0. The van der Waals surface area contributed by atoms with Crippen molar-refractivity contribution in [3.05, 3.63) is 6.42 Å². The molecule has 2 radical (unpaired) electrons. The topological polar surface area (TPSA) is 0 Å². The first kappa shape index (κ1) is 15.7. The van der Waals surface area contributed by atoms with Crippen molar-refractivity contribution in [1.29, 1.82) is 0 Å². The van der Waals surface area contributed by atoms with Gasteiger partial charge in [0, 0.05) is 65.4 Å². The third-order valence-corrected chi connectivity index (χ3v) is 0. The van der Waals surface area contributed by atoms with Crippen LogP contribution in [0.1, 0.15) is 13.8 Å². The van der Waals surface area contributed by atoms with Crippen molar-refractivity contribution in [1.82, 2.24) is 0 Å².